The van der Waals surface area contributed by atoms with Crippen molar-refractivity contribution in [2.75, 3.05) is 12.9 Å². The number of thioether (sulfide) groups is 1. The number of hydrogen-bond donors (Lipinski definition) is 0. The second-order valence-corrected chi connectivity index (χ2v) is 6.70. The Morgan fingerprint density at radius 1 is 1.09 bits per heavy atom. The van der Waals surface area contributed by atoms with Crippen LogP contribution in [-0.4, -0.2) is 23.6 Å². The van der Waals surface area contributed by atoms with Gasteiger partial charge in [0.05, 0.1) is 18.4 Å². The first-order valence-corrected chi connectivity index (χ1v) is 8.62. The molecule has 2 aromatic rings. The molecule has 2 aliphatic rings. The van der Waals surface area contributed by atoms with Crippen LogP contribution in [0.2, 0.25) is 0 Å². The monoisotopic (exact) mass is 311 g/mol. The van der Waals surface area contributed by atoms with Gasteiger partial charge in [-0.25, -0.2) is 4.98 Å². The maximum atomic E-state index is 12.4. The molecule has 0 saturated heterocycles. The minimum Gasteiger partial charge on any atom is -0.497 e. The van der Waals surface area contributed by atoms with Crippen molar-refractivity contribution >= 4 is 17.5 Å². The number of ketones is 1. The molecule has 112 valence electrons. The number of ether oxygens (including phenoxy) is 1. The third-order valence-corrected chi connectivity index (χ3v) is 5.41. The first-order chi connectivity index (χ1) is 10.8. The lowest BCUT2D eigenvalue weighted by molar-refractivity contribution is 0.102. The Morgan fingerprint density at radius 2 is 1.86 bits per heavy atom. The summed E-state index contributed by atoms with van der Waals surface area (Å²) in [6.45, 7) is 0. The summed E-state index contributed by atoms with van der Waals surface area (Å²) in [7, 11) is 1.67. The second kappa shape index (κ2) is 5.43. The summed E-state index contributed by atoms with van der Waals surface area (Å²) in [4.78, 5) is 17.2. The standard InChI is InChI=1S/C18H17NO2S/c1-21-12-8-6-11(7-9-12)16-13-4-2-3-5-14(13)19-18-17(16)15(20)10-22-18/h6-9H,2-5,10H2,1H3. The lowest BCUT2D eigenvalue weighted by Crippen LogP contribution is -2.11. The van der Waals surface area contributed by atoms with Gasteiger partial charge in [-0.3, -0.25) is 4.79 Å². The molecule has 0 fully saturated rings. The molecule has 3 nitrogen and oxygen atoms in total. The van der Waals surface area contributed by atoms with Gasteiger partial charge in [0.2, 0.25) is 0 Å². The number of carbonyl (C=O) groups is 1. The fourth-order valence-electron chi connectivity index (χ4n) is 3.36. The quantitative estimate of drug-likeness (QED) is 0.842. The maximum absolute atomic E-state index is 12.4. The molecule has 0 bridgehead atoms. The zero-order valence-electron chi connectivity index (χ0n) is 12.5. The van der Waals surface area contributed by atoms with Crippen LogP contribution >= 0.6 is 11.8 Å². The minimum atomic E-state index is 0.215. The van der Waals surface area contributed by atoms with Crippen LogP contribution in [-0.2, 0) is 12.8 Å². The molecule has 0 unspecified atom stereocenters. The molecule has 0 radical (unpaired) electrons. The Hall–Kier alpha value is -1.81. The van der Waals surface area contributed by atoms with Gasteiger partial charge in [-0.1, -0.05) is 23.9 Å². The maximum Gasteiger partial charge on any atom is 0.176 e. The smallest absolute Gasteiger partial charge is 0.176 e. The number of rotatable bonds is 2. The fraction of sp³-hybridized carbons (Fsp3) is 0.333. The Bertz CT molecular complexity index is 753. The number of methoxy groups -OCH3 is 1. The van der Waals surface area contributed by atoms with Crippen molar-refractivity contribution in [2.24, 2.45) is 0 Å². The highest BCUT2D eigenvalue weighted by Gasteiger charge is 2.30. The number of nitrogens with zero attached hydrogens (tertiary/aromatic N) is 1. The van der Waals surface area contributed by atoms with Crippen molar-refractivity contribution in [1.82, 2.24) is 4.98 Å². The fourth-order valence-corrected chi connectivity index (χ4v) is 4.31. The molecular formula is C18H17NO2S. The van der Waals surface area contributed by atoms with Crippen molar-refractivity contribution in [3.63, 3.8) is 0 Å². The molecule has 0 saturated carbocycles. The van der Waals surface area contributed by atoms with E-state index in [1.165, 1.54) is 24.1 Å². The van der Waals surface area contributed by atoms with Crippen LogP contribution < -0.4 is 4.74 Å². The van der Waals surface area contributed by atoms with Crippen LogP contribution in [0, 0.1) is 0 Å². The highest BCUT2D eigenvalue weighted by Crippen LogP contribution is 2.42. The van der Waals surface area contributed by atoms with Crippen LogP contribution in [0.5, 0.6) is 5.75 Å². The van der Waals surface area contributed by atoms with Gasteiger partial charge in [0.25, 0.3) is 0 Å². The van der Waals surface area contributed by atoms with E-state index in [2.05, 4.69) is 12.1 Å². The summed E-state index contributed by atoms with van der Waals surface area (Å²) in [6, 6.07) is 8.03. The molecule has 4 heteroatoms. The van der Waals surface area contributed by atoms with Crippen LogP contribution in [0.25, 0.3) is 11.1 Å². The average Bonchev–Trinajstić information content (AvgIpc) is 2.94. The normalized spacial score (nSPS) is 16.3. The Morgan fingerprint density at radius 3 is 2.64 bits per heavy atom. The van der Waals surface area contributed by atoms with E-state index in [4.69, 9.17) is 9.72 Å². The Labute approximate surface area is 134 Å². The van der Waals surface area contributed by atoms with Crippen LogP contribution in [0.4, 0.5) is 0 Å². The van der Waals surface area contributed by atoms with E-state index in [1.807, 2.05) is 12.1 Å². The summed E-state index contributed by atoms with van der Waals surface area (Å²) in [6.07, 6.45) is 4.42. The van der Waals surface area contributed by atoms with E-state index in [0.29, 0.717) is 5.75 Å². The third kappa shape index (κ3) is 2.13. The molecule has 0 atom stereocenters. The summed E-state index contributed by atoms with van der Waals surface area (Å²) in [5.74, 6) is 1.57. The van der Waals surface area contributed by atoms with Crippen molar-refractivity contribution in [3.8, 4) is 16.9 Å². The van der Waals surface area contributed by atoms with Gasteiger partial charge >= 0.3 is 0 Å². The number of aromatic nitrogens is 1. The molecule has 0 N–H and O–H groups in total. The molecule has 2 heterocycles. The number of carbonyl (C=O) groups excluding carboxylic acids is 1. The molecule has 22 heavy (non-hydrogen) atoms. The number of benzene rings is 1. The number of fused-ring (bicyclic) bond motifs is 2. The van der Waals surface area contributed by atoms with Crippen molar-refractivity contribution < 1.29 is 9.53 Å². The summed E-state index contributed by atoms with van der Waals surface area (Å²) in [5.41, 5.74) is 5.55. The second-order valence-electron chi connectivity index (χ2n) is 5.74. The van der Waals surface area contributed by atoms with Gasteiger partial charge in [-0.2, -0.15) is 0 Å². The van der Waals surface area contributed by atoms with E-state index in [1.54, 1.807) is 18.9 Å². The zero-order chi connectivity index (χ0) is 15.1. The van der Waals surface area contributed by atoms with Gasteiger partial charge in [-0.05, 0) is 48.9 Å². The van der Waals surface area contributed by atoms with Gasteiger partial charge in [0.15, 0.2) is 5.78 Å². The van der Waals surface area contributed by atoms with Crippen LogP contribution in [0.3, 0.4) is 0 Å². The predicted octanol–water partition coefficient (Wildman–Crippen LogP) is 3.92. The minimum absolute atomic E-state index is 0.215. The number of aryl methyl sites for hydroxylation is 1. The number of pyridine rings is 1. The van der Waals surface area contributed by atoms with Crippen molar-refractivity contribution in [2.45, 2.75) is 30.7 Å². The van der Waals surface area contributed by atoms with Gasteiger partial charge < -0.3 is 4.74 Å². The molecule has 4 rings (SSSR count). The van der Waals surface area contributed by atoms with E-state index in [9.17, 15) is 4.79 Å². The lowest BCUT2D eigenvalue weighted by Gasteiger charge is -2.21. The van der Waals surface area contributed by atoms with E-state index in [-0.39, 0.29) is 5.78 Å². The SMILES string of the molecule is COc1ccc(-c2c3c(nc4c2C(=O)CS4)CCCC3)cc1. The van der Waals surface area contributed by atoms with Gasteiger partial charge in [0, 0.05) is 11.3 Å². The summed E-state index contributed by atoms with van der Waals surface area (Å²) >= 11 is 1.58. The largest absolute Gasteiger partial charge is 0.497 e. The van der Waals surface area contributed by atoms with E-state index in [0.717, 1.165) is 40.3 Å². The third-order valence-electron chi connectivity index (χ3n) is 4.44. The number of Topliss-reactive ketones (excluding diaryl/α,β-unsaturated/α-hetero) is 1. The Kier molecular flexibility index (Phi) is 3.41. The topological polar surface area (TPSA) is 39.2 Å². The highest BCUT2D eigenvalue weighted by atomic mass is 32.2. The summed E-state index contributed by atoms with van der Waals surface area (Å²) < 4.78 is 5.25. The average molecular weight is 311 g/mol. The van der Waals surface area contributed by atoms with Crippen LogP contribution in [0.15, 0.2) is 29.3 Å². The molecule has 1 aliphatic carbocycles. The molecule has 1 aromatic heterocycles. The van der Waals surface area contributed by atoms with Gasteiger partial charge in [0.1, 0.15) is 10.8 Å². The first-order valence-electron chi connectivity index (χ1n) is 7.64. The first kappa shape index (κ1) is 13.8. The molecule has 1 aromatic carbocycles. The lowest BCUT2D eigenvalue weighted by atomic mass is 9.86. The Balaban J connectivity index is 1.96. The highest BCUT2D eigenvalue weighted by molar-refractivity contribution is 8.00. The van der Waals surface area contributed by atoms with Gasteiger partial charge in [-0.15, -0.1) is 0 Å². The molecule has 1 aliphatic heterocycles. The predicted molar refractivity (Wildman–Crippen MR) is 87.9 cm³/mol. The van der Waals surface area contributed by atoms with Crippen molar-refractivity contribution in [3.05, 3.63) is 41.1 Å². The van der Waals surface area contributed by atoms with Crippen LogP contribution in [0.1, 0.15) is 34.5 Å². The van der Waals surface area contributed by atoms with E-state index < -0.39 is 0 Å². The molecule has 0 spiro atoms. The number of hydrogen-bond acceptors (Lipinski definition) is 4. The zero-order valence-corrected chi connectivity index (χ0v) is 13.3. The molecular weight excluding hydrogens is 294 g/mol. The van der Waals surface area contributed by atoms with E-state index >= 15 is 0 Å². The van der Waals surface area contributed by atoms with Crippen molar-refractivity contribution in [1.29, 1.82) is 0 Å². The summed E-state index contributed by atoms with van der Waals surface area (Å²) in [5, 5.41) is 0.927. The molecule has 0 amide bonds.